The molecule has 0 aliphatic carbocycles. The lowest BCUT2D eigenvalue weighted by Gasteiger charge is -2.35. The highest BCUT2D eigenvalue weighted by atomic mass is 32.2. The highest BCUT2D eigenvalue weighted by Gasteiger charge is 2.26. The van der Waals surface area contributed by atoms with Gasteiger partial charge in [0, 0.05) is 31.9 Å². The third kappa shape index (κ3) is 4.13. The Balaban J connectivity index is 1.84. The summed E-state index contributed by atoms with van der Waals surface area (Å²) in [6, 6.07) is 5.42. The molecule has 0 spiro atoms. The minimum Gasteiger partial charge on any atom is -0.338 e. The van der Waals surface area contributed by atoms with E-state index >= 15 is 0 Å². The molecule has 1 aliphatic heterocycles. The average Bonchev–Trinajstić information content (AvgIpc) is 2.55. The van der Waals surface area contributed by atoms with Gasteiger partial charge in [-0.2, -0.15) is 11.8 Å². The van der Waals surface area contributed by atoms with E-state index in [2.05, 4.69) is 5.32 Å². The van der Waals surface area contributed by atoms with E-state index in [1.54, 1.807) is 9.80 Å². The fraction of sp³-hybridized carbons (Fsp3) is 0.467. The average molecular weight is 325 g/mol. The number of urea groups is 1. The standard InChI is InChI=1S/C15H20FN3O2S/c1-11(22-2)14(20)18-7-9-19(10-8-18)15(21)17-13-5-3-12(16)4-6-13/h3-6,11H,7-10H2,1-2H3,(H,17,21)/t11-/m1/s1. The first kappa shape index (κ1) is 16.6. The van der Waals surface area contributed by atoms with Crippen molar-refractivity contribution in [3.63, 3.8) is 0 Å². The van der Waals surface area contributed by atoms with Crippen LogP contribution in [0.4, 0.5) is 14.9 Å². The summed E-state index contributed by atoms with van der Waals surface area (Å²) >= 11 is 1.52. The van der Waals surface area contributed by atoms with Gasteiger partial charge in [0.2, 0.25) is 5.91 Å². The van der Waals surface area contributed by atoms with Gasteiger partial charge in [0.25, 0.3) is 0 Å². The number of piperazine rings is 1. The van der Waals surface area contributed by atoms with Gasteiger partial charge in [0.1, 0.15) is 5.82 Å². The number of halogens is 1. The largest absolute Gasteiger partial charge is 0.338 e. The molecule has 1 N–H and O–H groups in total. The maximum Gasteiger partial charge on any atom is 0.321 e. The fourth-order valence-corrected chi connectivity index (χ4v) is 2.57. The van der Waals surface area contributed by atoms with E-state index in [-0.39, 0.29) is 23.0 Å². The van der Waals surface area contributed by atoms with Crippen LogP contribution in [0, 0.1) is 5.82 Å². The first-order valence-corrected chi connectivity index (χ1v) is 8.43. The predicted molar refractivity (Wildman–Crippen MR) is 86.5 cm³/mol. The summed E-state index contributed by atoms with van der Waals surface area (Å²) < 4.78 is 12.8. The Labute approximate surface area is 133 Å². The number of carbonyl (C=O) groups excluding carboxylic acids is 2. The summed E-state index contributed by atoms with van der Waals surface area (Å²) in [4.78, 5) is 27.7. The van der Waals surface area contributed by atoms with Crippen LogP contribution in [0.2, 0.25) is 0 Å². The minimum absolute atomic E-state index is 0.0559. The van der Waals surface area contributed by atoms with E-state index in [1.807, 2.05) is 13.2 Å². The molecule has 0 saturated carbocycles. The molecule has 1 aromatic carbocycles. The van der Waals surface area contributed by atoms with Gasteiger partial charge in [-0.1, -0.05) is 0 Å². The summed E-state index contributed by atoms with van der Waals surface area (Å²) in [5.74, 6) is -0.223. The second-order valence-corrected chi connectivity index (χ2v) is 6.31. The first-order chi connectivity index (χ1) is 10.5. The number of benzene rings is 1. The monoisotopic (exact) mass is 325 g/mol. The Kier molecular flexibility index (Phi) is 5.65. The first-order valence-electron chi connectivity index (χ1n) is 7.14. The molecule has 1 atom stereocenters. The maximum atomic E-state index is 12.8. The van der Waals surface area contributed by atoms with Crippen LogP contribution in [-0.2, 0) is 4.79 Å². The van der Waals surface area contributed by atoms with Crippen LogP contribution in [0.25, 0.3) is 0 Å². The van der Waals surface area contributed by atoms with Gasteiger partial charge in [-0.15, -0.1) is 0 Å². The van der Waals surface area contributed by atoms with Crippen LogP contribution < -0.4 is 5.32 Å². The van der Waals surface area contributed by atoms with Crippen molar-refractivity contribution in [1.82, 2.24) is 9.80 Å². The lowest BCUT2D eigenvalue weighted by molar-refractivity contribution is -0.131. The Morgan fingerprint density at radius 2 is 1.68 bits per heavy atom. The molecule has 0 aromatic heterocycles. The molecule has 2 rings (SSSR count). The Morgan fingerprint density at radius 3 is 2.23 bits per heavy atom. The summed E-state index contributed by atoms with van der Waals surface area (Å²) in [5.41, 5.74) is 0.556. The Hall–Kier alpha value is -1.76. The summed E-state index contributed by atoms with van der Waals surface area (Å²) in [7, 11) is 0. The van der Waals surface area contributed by atoms with Gasteiger partial charge in [-0.3, -0.25) is 4.79 Å². The number of nitrogens with one attached hydrogen (secondary N) is 1. The highest BCUT2D eigenvalue weighted by molar-refractivity contribution is 7.99. The van der Waals surface area contributed by atoms with E-state index < -0.39 is 0 Å². The van der Waals surface area contributed by atoms with Gasteiger partial charge in [0.15, 0.2) is 0 Å². The molecular formula is C15H20FN3O2S. The van der Waals surface area contributed by atoms with E-state index in [0.717, 1.165) is 0 Å². The van der Waals surface area contributed by atoms with Gasteiger partial charge >= 0.3 is 6.03 Å². The van der Waals surface area contributed by atoms with E-state index in [9.17, 15) is 14.0 Å². The highest BCUT2D eigenvalue weighted by Crippen LogP contribution is 2.13. The molecule has 3 amide bonds. The second-order valence-electron chi connectivity index (χ2n) is 5.13. The van der Waals surface area contributed by atoms with Crippen LogP contribution in [0.1, 0.15) is 6.92 Å². The molecule has 0 radical (unpaired) electrons. The fourth-order valence-electron chi connectivity index (χ4n) is 2.22. The SMILES string of the molecule is CS[C@H](C)C(=O)N1CCN(C(=O)Nc2ccc(F)cc2)CC1. The van der Waals surface area contributed by atoms with Crippen molar-refractivity contribution >= 4 is 29.4 Å². The van der Waals surface area contributed by atoms with Crippen LogP contribution in [0.5, 0.6) is 0 Å². The third-order valence-electron chi connectivity index (χ3n) is 3.68. The van der Waals surface area contributed by atoms with E-state index in [1.165, 1.54) is 36.0 Å². The summed E-state index contributed by atoms with van der Waals surface area (Å²) in [6.45, 7) is 3.97. The van der Waals surface area contributed by atoms with Crippen molar-refractivity contribution in [3.05, 3.63) is 30.1 Å². The van der Waals surface area contributed by atoms with Gasteiger partial charge in [-0.05, 0) is 37.4 Å². The number of nitrogens with zero attached hydrogens (tertiary/aromatic N) is 2. The molecular weight excluding hydrogens is 305 g/mol. The molecule has 120 valence electrons. The van der Waals surface area contributed by atoms with Gasteiger partial charge < -0.3 is 15.1 Å². The van der Waals surface area contributed by atoms with Crippen LogP contribution >= 0.6 is 11.8 Å². The Bertz CT molecular complexity index is 530. The number of anilines is 1. The Morgan fingerprint density at radius 1 is 1.14 bits per heavy atom. The molecule has 0 unspecified atom stereocenters. The molecule has 5 nitrogen and oxygen atoms in total. The molecule has 1 aromatic rings. The third-order valence-corrected chi connectivity index (χ3v) is 4.58. The number of hydrogen-bond acceptors (Lipinski definition) is 3. The van der Waals surface area contributed by atoms with E-state index in [4.69, 9.17) is 0 Å². The van der Waals surface area contributed by atoms with Crippen LogP contribution in [0.3, 0.4) is 0 Å². The zero-order valence-electron chi connectivity index (χ0n) is 12.7. The van der Waals surface area contributed by atoms with Crippen molar-refractivity contribution in [2.75, 3.05) is 37.8 Å². The normalized spacial score (nSPS) is 16.3. The molecule has 0 bridgehead atoms. The van der Waals surface area contributed by atoms with Crippen molar-refractivity contribution in [1.29, 1.82) is 0 Å². The molecule has 1 saturated heterocycles. The zero-order valence-corrected chi connectivity index (χ0v) is 13.5. The summed E-state index contributed by atoms with van der Waals surface area (Å²) in [6.07, 6.45) is 1.91. The lowest BCUT2D eigenvalue weighted by Crippen LogP contribution is -2.53. The lowest BCUT2D eigenvalue weighted by atomic mass is 10.3. The number of hydrogen-bond donors (Lipinski definition) is 1. The van der Waals surface area contributed by atoms with Gasteiger partial charge in [-0.25, -0.2) is 9.18 Å². The predicted octanol–water partition coefficient (Wildman–Crippen LogP) is 2.25. The van der Waals surface area contributed by atoms with Crippen LogP contribution in [0.15, 0.2) is 24.3 Å². The second kappa shape index (κ2) is 7.49. The van der Waals surface area contributed by atoms with Crippen molar-refractivity contribution in [3.8, 4) is 0 Å². The molecule has 1 heterocycles. The van der Waals surface area contributed by atoms with Crippen molar-refractivity contribution in [2.24, 2.45) is 0 Å². The van der Waals surface area contributed by atoms with Crippen molar-refractivity contribution in [2.45, 2.75) is 12.2 Å². The zero-order chi connectivity index (χ0) is 16.1. The van der Waals surface area contributed by atoms with E-state index in [0.29, 0.717) is 31.9 Å². The minimum atomic E-state index is -0.340. The number of rotatable bonds is 3. The topological polar surface area (TPSA) is 52.7 Å². The molecule has 1 aliphatic rings. The van der Waals surface area contributed by atoms with Crippen LogP contribution in [-0.4, -0.2) is 59.4 Å². The molecule has 1 fully saturated rings. The quantitative estimate of drug-likeness (QED) is 0.927. The van der Waals surface area contributed by atoms with Crippen molar-refractivity contribution < 1.29 is 14.0 Å². The smallest absolute Gasteiger partial charge is 0.321 e. The summed E-state index contributed by atoms with van der Waals surface area (Å²) in [5, 5.41) is 2.67. The van der Waals surface area contributed by atoms with Gasteiger partial charge in [0.05, 0.1) is 5.25 Å². The number of amides is 3. The maximum absolute atomic E-state index is 12.8. The molecule has 22 heavy (non-hydrogen) atoms. The molecule has 7 heteroatoms. The number of carbonyl (C=O) groups is 2. The number of thioether (sulfide) groups is 1.